The van der Waals surface area contributed by atoms with E-state index < -0.39 is 0 Å². The fourth-order valence-electron chi connectivity index (χ4n) is 2.96. The van der Waals surface area contributed by atoms with Gasteiger partial charge in [0.1, 0.15) is 0 Å². The Labute approximate surface area is 109 Å². The predicted octanol–water partition coefficient (Wildman–Crippen LogP) is 3.36. The number of carbonyl (C=O) groups excluding carboxylic acids is 1. The molecule has 0 aromatic heterocycles. The molecule has 3 heteroatoms. The Kier molecular flexibility index (Phi) is 5.69. The van der Waals surface area contributed by atoms with E-state index in [4.69, 9.17) is 0 Å². The van der Waals surface area contributed by atoms with Crippen LogP contribution in [-0.2, 0) is 4.79 Å². The lowest BCUT2D eigenvalue weighted by atomic mass is 9.89. The van der Waals surface area contributed by atoms with Crippen LogP contribution in [0.3, 0.4) is 0 Å². The topological polar surface area (TPSA) is 29.1 Å². The Morgan fingerprint density at radius 1 is 1.00 bits per heavy atom. The molecule has 0 unspecified atom stereocenters. The van der Waals surface area contributed by atoms with Crippen LogP contribution in [0.1, 0.15) is 57.8 Å². The van der Waals surface area contributed by atoms with Crippen molar-refractivity contribution in [2.24, 2.45) is 5.92 Å². The summed E-state index contributed by atoms with van der Waals surface area (Å²) in [5.41, 5.74) is 0. The van der Waals surface area contributed by atoms with Gasteiger partial charge >= 0.3 is 0 Å². The van der Waals surface area contributed by atoms with Crippen LogP contribution < -0.4 is 5.32 Å². The largest absolute Gasteiger partial charge is 0.355 e. The quantitative estimate of drug-likeness (QED) is 0.763. The average Bonchev–Trinajstić information content (AvgIpc) is 2.88. The van der Waals surface area contributed by atoms with Gasteiger partial charge in [0.15, 0.2) is 0 Å². The van der Waals surface area contributed by atoms with Gasteiger partial charge in [-0.15, -0.1) is 0 Å². The van der Waals surface area contributed by atoms with Crippen molar-refractivity contribution in [3.8, 4) is 0 Å². The van der Waals surface area contributed by atoms with Gasteiger partial charge in [0.25, 0.3) is 0 Å². The normalized spacial score (nSPS) is 22.8. The van der Waals surface area contributed by atoms with Gasteiger partial charge in [0.05, 0.1) is 0 Å². The summed E-state index contributed by atoms with van der Waals surface area (Å²) in [5, 5.41) is 3.99. The molecule has 0 aromatic carbocycles. The summed E-state index contributed by atoms with van der Waals surface area (Å²) in [4.78, 5) is 11.9. The number of carbonyl (C=O) groups is 1. The molecule has 98 valence electrons. The molecule has 2 saturated carbocycles. The highest BCUT2D eigenvalue weighted by Gasteiger charge is 2.20. The lowest BCUT2D eigenvalue weighted by Crippen LogP contribution is -2.33. The monoisotopic (exact) mass is 255 g/mol. The van der Waals surface area contributed by atoms with Crippen molar-refractivity contribution in [1.29, 1.82) is 0 Å². The van der Waals surface area contributed by atoms with Crippen LogP contribution in [0.15, 0.2) is 0 Å². The first-order chi connectivity index (χ1) is 8.36. The summed E-state index contributed by atoms with van der Waals surface area (Å²) >= 11 is 2.06. The first-order valence-corrected chi connectivity index (χ1v) is 8.30. The highest BCUT2D eigenvalue weighted by atomic mass is 32.2. The number of amides is 1. The van der Waals surface area contributed by atoms with Crippen LogP contribution in [0.2, 0.25) is 0 Å². The molecule has 1 amide bonds. The fraction of sp³-hybridized carbons (Fsp3) is 0.929. The summed E-state index contributed by atoms with van der Waals surface area (Å²) in [7, 11) is 0. The van der Waals surface area contributed by atoms with Gasteiger partial charge in [-0.25, -0.2) is 0 Å². The summed E-state index contributed by atoms with van der Waals surface area (Å²) in [6.45, 7) is 0.872. The number of thioether (sulfide) groups is 1. The molecule has 0 aliphatic heterocycles. The molecule has 2 nitrogen and oxygen atoms in total. The van der Waals surface area contributed by atoms with Crippen molar-refractivity contribution < 1.29 is 4.79 Å². The third-order valence-electron chi connectivity index (χ3n) is 4.03. The molecule has 0 atom stereocenters. The van der Waals surface area contributed by atoms with E-state index in [2.05, 4.69) is 17.1 Å². The Balaban J connectivity index is 1.53. The summed E-state index contributed by atoms with van der Waals surface area (Å²) < 4.78 is 0. The fourth-order valence-corrected chi connectivity index (χ4v) is 4.18. The van der Waals surface area contributed by atoms with Crippen molar-refractivity contribution >= 4 is 17.7 Å². The van der Waals surface area contributed by atoms with Crippen LogP contribution >= 0.6 is 11.8 Å². The summed E-state index contributed by atoms with van der Waals surface area (Å²) in [6.07, 6.45) is 11.6. The summed E-state index contributed by atoms with van der Waals surface area (Å²) in [6, 6.07) is 0. The highest BCUT2D eigenvalue weighted by Crippen LogP contribution is 2.29. The molecule has 0 spiro atoms. The van der Waals surface area contributed by atoms with Crippen LogP contribution in [-0.4, -0.2) is 23.5 Å². The van der Waals surface area contributed by atoms with Gasteiger partial charge in [-0.1, -0.05) is 32.1 Å². The van der Waals surface area contributed by atoms with Crippen LogP contribution in [0, 0.1) is 5.92 Å². The molecule has 2 fully saturated rings. The molecule has 2 aliphatic rings. The molecule has 0 radical (unpaired) electrons. The van der Waals surface area contributed by atoms with Gasteiger partial charge in [-0.2, -0.15) is 11.8 Å². The molecule has 2 aliphatic carbocycles. The Morgan fingerprint density at radius 3 is 2.35 bits per heavy atom. The van der Waals surface area contributed by atoms with Crippen molar-refractivity contribution in [3.05, 3.63) is 0 Å². The third kappa shape index (κ3) is 4.53. The second kappa shape index (κ2) is 7.30. The van der Waals surface area contributed by atoms with Crippen LogP contribution in [0.25, 0.3) is 0 Å². The minimum absolute atomic E-state index is 0.316. The van der Waals surface area contributed by atoms with Crippen molar-refractivity contribution in [3.63, 3.8) is 0 Å². The third-order valence-corrected chi connectivity index (χ3v) is 5.42. The maximum atomic E-state index is 11.9. The standard InChI is InChI=1S/C14H25NOS/c16-14(12-6-2-1-3-7-12)15-10-11-17-13-8-4-5-9-13/h12-13H,1-11H2,(H,15,16). The molecule has 1 N–H and O–H groups in total. The van der Waals surface area contributed by atoms with E-state index in [0.29, 0.717) is 11.8 Å². The Bertz CT molecular complexity index is 232. The van der Waals surface area contributed by atoms with Crippen LogP contribution in [0.4, 0.5) is 0 Å². The second-order valence-corrected chi connectivity index (χ2v) is 6.81. The molecule has 2 rings (SSSR count). The number of nitrogens with one attached hydrogen (secondary N) is 1. The summed E-state index contributed by atoms with van der Waals surface area (Å²) in [5.74, 6) is 1.74. The van der Waals surface area contributed by atoms with E-state index in [0.717, 1.165) is 30.4 Å². The Hall–Kier alpha value is -0.180. The minimum atomic E-state index is 0.316. The zero-order valence-electron chi connectivity index (χ0n) is 10.7. The molecule has 17 heavy (non-hydrogen) atoms. The van der Waals surface area contributed by atoms with Gasteiger partial charge in [0.2, 0.25) is 5.91 Å². The van der Waals surface area contributed by atoms with E-state index in [9.17, 15) is 4.79 Å². The van der Waals surface area contributed by atoms with Crippen molar-refractivity contribution in [1.82, 2.24) is 5.32 Å². The van der Waals surface area contributed by atoms with Gasteiger partial charge in [-0.05, 0) is 25.7 Å². The lowest BCUT2D eigenvalue weighted by molar-refractivity contribution is -0.125. The highest BCUT2D eigenvalue weighted by molar-refractivity contribution is 7.99. The van der Waals surface area contributed by atoms with Gasteiger partial charge < -0.3 is 5.32 Å². The van der Waals surface area contributed by atoms with E-state index in [1.807, 2.05) is 0 Å². The maximum absolute atomic E-state index is 11.9. The average molecular weight is 255 g/mol. The molecule has 0 heterocycles. The van der Waals surface area contributed by atoms with E-state index >= 15 is 0 Å². The minimum Gasteiger partial charge on any atom is -0.355 e. The SMILES string of the molecule is O=C(NCCSC1CCCC1)C1CCCCC1. The molecular formula is C14H25NOS. The maximum Gasteiger partial charge on any atom is 0.223 e. The molecule has 0 aromatic rings. The van der Waals surface area contributed by atoms with Crippen LogP contribution in [0.5, 0.6) is 0 Å². The lowest BCUT2D eigenvalue weighted by Gasteiger charge is -2.20. The zero-order valence-corrected chi connectivity index (χ0v) is 11.6. The smallest absolute Gasteiger partial charge is 0.223 e. The number of hydrogen-bond donors (Lipinski definition) is 1. The molecule has 0 saturated heterocycles. The zero-order chi connectivity index (χ0) is 11.9. The number of rotatable bonds is 5. The van der Waals surface area contributed by atoms with E-state index in [1.165, 1.54) is 44.9 Å². The first kappa shape index (κ1) is 13.3. The van der Waals surface area contributed by atoms with Gasteiger partial charge in [0, 0.05) is 23.5 Å². The molecular weight excluding hydrogens is 230 g/mol. The first-order valence-electron chi connectivity index (χ1n) is 7.25. The predicted molar refractivity (Wildman–Crippen MR) is 74.3 cm³/mol. The van der Waals surface area contributed by atoms with E-state index in [-0.39, 0.29) is 0 Å². The van der Waals surface area contributed by atoms with Crippen molar-refractivity contribution in [2.75, 3.05) is 12.3 Å². The second-order valence-electron chi connectivity index (χ2n) is 5.40. The van der Waals surface area contributed by atoms with Gasteiger partial charge in [-0.3, -0.25) is 4.79 Å². The van der Waals surface area contributed by atoms with Crippen molar-refractivity contribution in [2.45, 2.75) is 63.0 Å². The molecule has 0 bridgehead atoms. The number of hydrogen-bond acceptors (Lipinski definition) is 2. The Morgan fingerprint density at radius 2 is 1.65 bits per heavy atom. The van der Waals surface area contributed by atoms with E-state index in [1.54, 1.807) is 0 Å².